The summed E-state index contributed by atoms with van der Waals surface area (Å²) >= 11 is 30.9. The van der Waals surface area contributed by atoms with Gasteiger partial charge in [-0.1, -0.05) is 57.7 Å². The number of anilines is 1. The summed E-state index contributed by atoms with van der Waals surface area (Å²) in [7, 11) is 0. The van der Waals surface area contributed by atoms with Gasteiger partial charge in [0.2, 0.25) is 0 Å². The van der Waals surface area contributed by atoms with Gasteiger partial charge in [0.1, 0.15) is 11.3 Å². The fourth-order valence-corrected chi connectivity index (χ4v) is 4.51. The zero-order valence-corrected chi connectivity index (χ0v) is 19.3. The van der Waals surface area contributed by atoms with Crippen molar-refractivity contribution in [2.24, 2.45) is 0 Å². The SMILES string of the molecule is O=C(NC(=S)Nc1nc2c(Cl)c(Cl)ccc2s1)c1ccc(-c2cc(Cl)ccc2Cl)o1. The quantitative estimate of drug-likeness (QED) is 0.279. The largest absolute Gasteiger partial charge is 0.451 e. The van der Waals surface area contributed by atoms with Gasteiger partial charge in [0, 0.05) is 10.6 Å². The summed E-state index contributed by atoms with van der Waals surface area (Å²) in [5.41, 5.74) is 1.13. The lowest BCUT2D eigenvalue weighted by Gasteiger charge is -2.05. The van der Waals surface area contributed by atoms with Gasteiger partial charge < -0.3 is 9.73 Å². The number of hydrogen-bond acceptors (Lipinski definition) is 5. The Balaban J connectivity index is 1.47. The standard InChI is InChI=1S/C19H9Cl4N3O2S2/c20-8-1-2-10(21)9(7-8)12-4-5-13(28-12)17(27)25-18(29)26-19-24-16-14(30-19)6-3-11(22)15(16)23/h1-7H,(H2,24,25,26,27,29). The van der Waals surface area contributed by atoms with Crippen LogP contribution in [0.15, 0.2) is 46.9 Å². The molecule has 2 aromatic carbocycles. The van der Waals surface area contributed by atoms with Crippen LogP contribution < -0.4 is 10.6 Å². The number of amides is 1. The van der Waals surface area contributed by atoms with Crippen LogP contribution in [0.4, 0.5) is 5.13 Å². The highest BCUT2D eigenvalue weighted by molar-refractivity contribution is 7.80. The third-order valence-electron chi connectivity index (χ3n) is 3.92. The molecule has 2 heterocycles. The second-order valence-corrected chi connectivity index (χ2v) is 8.99. The van der Waals surface area contributed by atoms with Gasteiger partial charge in [-0.2, -0.15) is 0 Å². The van der Waals surface area contributed by atoms with Crippen molar-refractivity contribution >= 4 is 96.3 Å². The Bertz CT molecular complexity index is 1300. The molecule has 5 nitrogen and oxygen atoms in total. The molecule has 2 N–H and O–H groups in total. The first-order valence-corrected chi connectivity index (χ1v) is 11.0. The molecule has 0 bridgehead atoms. The molecular formula is C19H9Cl4N3O2S2. The summed E-state index contributed by atoms with van der Waals surface area (Å²) in [5.74, 6) is -0.0624. The highest BCUT2D eigenvalue weighted by atomic mass is 35.5. The number of thiocarbonyl (C=S) groups is 1. The van der Waals surface area contributed by atoms with Crippen LogP contribution >= 0.6 is 70.0 Å². The van der Waals surface area contributed by atoms with Crippen molar-refractivity contribution in [1.29, 1.82) is 0 Å². The number of rotatable bonds is 3. The maximum Gasteiger partial charge on any atom is 0.293 e. The molecule has 2 aromatic heterocycles. The number of aromatic nitrogens is 1. The van der Waals surface area contributed by atoms with Crippen molar-refractivity contribution in [3.05, 3.63) is 68.3 Å². The van der Waals surface area contributed by atoms with Crippen LogP contribution in [0, 0.1) is 0 Å². The average molecular weight is 517 g/mol. The highest BCUT2D eigenvalue weighted by Gasteiger charge is 2.17. The van der Waals surface area contributed by atoms with E-state index in [0.29, 0.717) is 42.1 Å². The van der Waals surface area contributed by atoms with Crippen LogP contribution in [0.1, 0.15) is 10.6 Å². The molecule has 0 aliphatic carbocycles. The number of hydrogen-bond donors (Lipinski definition) is 2. The third-order valence-corrected chi connectivity index (χ3v) is 6.42. The molecule has 0 saturated heterocycles. The lowest BCUT2D eigenvalue weighted by Crippen LogP contribution is -2.33. The van der Waals surface area contributed by atoms with E-state index in [4.69, 9.17) is 63.0 Å². The molecule has 0 radical (unpaired) electrons. The zero-order chi connectivity index (χ0) is 21.4. The molecule has 30 heavy (non-hydrogen) atoms. The van der Waals surface area contributed by atoms with Crippen molar-refractivity contribution in [2.75, 3.05) is 5.32 Å². The molecule has 4 aromatic rings. The van der Waals surface area contributed by atoms with Crippen LogP contribution in [0.2, 0.25) is 20.1 Å². The predicted octanol–water partition coefficient (Wildman–Crippen LogP) is 7.30. The molecule has 0 atom stereocenters. The van der Waals surface area contributed by atoms with Gasteiger partial charge in [-0.15, -0.1) is 0 Å². The number of nitrogens with one attached hydrogen (secondary N) is 2. The fourth-order valence-electron chi connectivity index (χ4n) is 2.57. The number of nitrogens with zero attached hydrogens (tertiary/aromatic N) is 1. The molecular weight excluding hydrogens is 508 g/mol. The molecule has 4 rings (SSSR count). The summed E-state index contributed by atoms with van der Waals surface area (Å²) in [4.78, 5) is 16.8. The number of carbonyl (C=O) groups excluding carboxylic acids is 1. The van der Waals surface area contributed by atoms with Crippen molar-refractivity contribution < 1.29 is 9.21 Å². The van der Waals surface area contributed by atoms with E-state index >= 15 is 0 Å². The Morgan fingerprint density at radius 3 is 2.60 bits per heavy atom. The van der Waals surface area contributed by atoms with Crippen LogP contribution in [0.5, 0.6) is 0 Å². The second kappa shape index (κ2) is 8.70. The van der Waals surface area contributed by atoms with Crippen LogP contribution in [-0.4, -0.2) is 16.0 Å². The average Bonchev–Trinajstić information content (AvgIpc) is 3.34. The first kappa shape index (κ1) is 21.4. The van der Waals surface area contributed by atoms with Gasteiger partial charge in [-0.05, 0) is 54.7 Å². The Kier molecular flexibility index (Phi) is 6.20. The van der Waals surface area contributed by atoms with Crippen molar-refractivity contribution in [3.63, 3.8) is 0 Å². The molecule has 0 fully saturated rings. The van der Waals surface area contributed by atoms with E-state index < -0.39 is 5.91 Å². The smallest absolute Gasteiger partial charge is 0.293 e. The second-order valence-electron chi connectivity index (χ2n) is 5.92. The van der Waals surface area contributed by atoms with Crippen molar-refractivity contribution in [1.82, 2.24) is 10.3 Å². The van der Waals surface area contributed by atoms with E-state index in [-0.39, 0.29) is 10.9 Å². The minimum atomic E-state index is -0.529. The molecule has 0 aliphatic heterocycles. The maximum atomic E-state index is 12.5. The lowest BCUT2D eigenvalue weighted by atomic mass is 10.2. The van der Waals surface area contributed by atoms with E-state index in [1.807, 2.05) is 0 Å². The lowest BCUT2D eigenvalue weighted by molar-refractivity contribution is 0.0951. The van der Waals surface area contributed by atoms with E-state index in [9.17, 15) is 4.79 Å². The minimum absolute atomic E-state index is 0.0556. The Morgan fingerprint density at radius 2 is 1.80 bits per heavy atom. The van der Waals surface area contributed by atoms with Gasteiger partial charge >= 0.3 is 0 Å². The summed E-state index contributed by atoms with van der Waals surface area (Å²) in [6, 6.07) is 11.6. The number of furan rings is 1. The summed E-state index contributed by atoms with van der Waals surface area (Å²) < 4.78 is 6.44. The van der Waals surface area contributed by atoms with Crippen LogP contribution in [-0.2, 0) is 0 Å². The van der Waals surface area contributed by atoms with Gasteiger partial charge in [0.15, 0.2) is 16.0 Å². The summed E-state index contributed by atoms with van der Waals surface area (Å²) in [6.45, 7) is 0. The Labute approximate surface area is 199 Å². The molecule has 0 unspecified atom stereocenters. The molecule has 11 heteroatoms. The minimum Gasteiger partial charge on any atom is -0.451 e. The molecule has 0 aliphatic rings. The maximum absolute atomic E-state index is 12.5. The third kappa shape index (κ3) is 4.42. The number of halogens is 4. The highest BCUT2D eigenvalue weighted by Crippen LogP contribution is 2.35. The molecule has 1 amide bonds. The predicted molar refractivity (Wildman–Crippen MR) is 127 cm³/mol. The van der Waals surface area contributed by atoms with Crippen molar-refractivity contribution in [2.45, 2.75) is 0 Å². The van der Waals surface area contributed by atoms with Crippen molar-refractivity contribution in [3.8, 4) is 11.3 Å². The number of thiazole rings is 1. The molecule has 0 saturated carbocycles. The summed E-state index contributed by atoms with van der Waals surface area (Å²) in [6.07, 6.45) is 0. The van der Waals surface area contributed by atoms with E-state index in [2.05, 4.69) is 15.6 Å². The van der Waals surface area contributed by atoms with Gasteiger partial charge in [0.25, 0.3) is 5.91 Å². The van der Waals surface area contributed by atoms with E-state index in [1.165, 1.54) is 17.4 Å². The van der Waals surface area contributed by atoms with Crippen LogP contribution in [0.3, 0.4) is 0 Å². The molecule has 152 valence electrons. The van der Waals surface area contributed by atoms with Gasteiger partial charge in [-0.3, -0.25) is 10.1 Å². The van der Waals surface area contributed by atoms with E-state index in [1.54, 1.807) is 36.4 Å². The number of benzene rings is 2. The van der Waals surface area contributed by atoms with Crippen LogP contribution in [0.25, 0.3) is 21.5 Å². The van der Waals surface area contributed by atoms with Gasteiger partial charge in [0.05, 0.1) is 19.8 Å². The Morgan fingerprint density at radius 1 is 1.03 bits per heavy atom. The first-order valence-electron chi connectivity index (χ1n) is 8.24. The first-order chi connectivity index (χ1) is 14.3. The normalized spacial score (nSPS) is 10.9. The zero-order valence-electron chi connectivity index (χ0n) is 14.6. The fraction of sp³-hybridized carbons (Fsp3) is 0. The summed E-state index contributed by atoms with van der Waals surface area (Å²) in [5, 5.41) is 7.64. The van der Waals surface area contributed by atoms with Gasteiger partial charge in [-0.25, -0.2) is 4.98 Å². The Hall–Kier alpha value is -1.87. The molecule has 0 spiro atoms. The topological polar surface area (TPSA) is 67.2 Å². The van der Waals surface area contributed by atoms with E-state index in [0.717, 1.165) is 4.70 Å². The number of carbonyl (C=O) groups is 1. The number of fused-ring (bicyclic) bond motifs is 1. The monoisotopic (exact) mass is 515 g/mol.